The molecule has 1 aliphatic heterocycles. The summed E-state index contributed by atoms with van der Waals surface area (Å²) in [5.41, 5.74) is 0.392. The van der Waals surface area contributed by atoms with E-state index in [2.05, 4.69) is 47.0 Å². The molecule has 1 aromatic rings. The topological polar surface area (TPSA) is 41.0 Å². The largest absolute Gasteiger partial charge is 0.370 e. The van der Waals surface area contributed by atoms with Crippen LogP contribution >= 0.6 is 11.8 Å². The quantitative estimate of drug-likeness (QED) is 0.670. The number of nitrogens with zero attached hydrogens (tertiary/aromatic N) is 3. The highest BCUT2D eigenvalue weighted by molar-refractivity contribution is 7.98. The maximum Gasteiger partial charge on any atom is 0.191 e. The van der Waals surface area contributed by atoms with Gasteiger partial charge in [-0.25, -0.2) is 9.97 Å². The second-order valence-corrected chi connectivity index (χ2v) is 6.24. The third-order valence-corrected chi connectivity index (χ3v) is 3.78. The second-order valence-electron chi connectivity index (χ2n) is 5.46. The molecule has 4 nitrogen and oxygen atoms in total. The Morgan fingerprint density at radius 3 is 2.78 bits per heavy atom. The molecule has 0 saturated carbocycles. The maximum atomic E-state index is 4.62. The van der Waals surface area contributed by atoms with Gasteiger partial charge >= 0.3 is 0 Å². The van der Waals surface area contributed by atoms with E-state index in [0.29, 0.717) is 5.41 Å². The van der Waals surface area contributed by atoms with Crippen molar-refractivity contribution in [3.05, 3.63) is 6.07 Å². The van der Waals surface area contributed by atoms with Gasteiger partial charge in [0.2, 0.25) is 0 Å². The van der Waals surface area contributed by atoms with E-state index in [4.69, 9.17) is 0 Å². The Morgan fingerprint density at radius 2 is 2.22 bits per heavy atom. The van der Waals surface area contributed by atoms with Gasteiger partial charge < -0.3 is 10.2 Å². The van der Waals surface area contributed by atoms with Crippen LogP contribution < -0.4 is 10.2 Å². The first-order valence-electron chi connectivity index (χ1n) is 6.46. The number of hydrogen-bond donors (Lipinski definition) is 1. The van der Waals surface area contributed by atoms with E-state index in [9.17, 15) is 0 Å². The highest BCUT2D eigenvalue weighted by Gasteiger charge is 2.30. The van der Waals surface area contributed by atoms with Gasteiger partial charge in [-0.15, -0.1) is 0 Å². The number of thioether (sulfide) groups is 1. The SMILES string of the molecule is CCNc1cc(N2CCC(C)(C)C2)nc(SC)n1. The molecule has 1 fully saturated rings. The third-order valence-electron chi connectivity index (χ3n) is 3.23. The van der Waals surface area contributed by atoms with Crippen LogP contribution in [0, 0.1) is 5.41 Å². The Kier molecular flexibility index (Phi) is 4.00. The molecule has 0 bridgehead atoms. The van der Waals surface area contributed by atoms with Crippen LogP contribution in [0.1, 0.15) is 27.2 Å². The second kappa shape index (κ2) is 5.34. The fourth-order valence-corrected chi connectivity index (χ4v) is 2.62. The zero-order valence-corrected chi connectivity index (χ0v) is 12.5. The third kappa shape index (κ3) is 3.07. The van der Waals surface area contributed by atoms with E-state index in [1.807, 2.05) is 6.26 Å². The maximum absolute atomic E-state index is 4.62. The van der Waals surface area contributed by atoms with Gasteiger partial charge in [0.25, 0.3) is 0 Å². The lowest BCUT2D eigenvalue weighted by atomic mass is 9.93. The van der Waals surface area contributed by atoms with Crippen molar-refractivity contribution in [2.45, 2.75) is 32.3 Å². The molecule has 0 radical (unpaired) electrons. The Labute approximate surface area is 114 Å². The van der Waals surface area contributed by atoms with Gasteiger partial charge in [0, 0.05) is 25.7 Å². The van der Waals surface area contributed by atoms with Gasteiger partial charge in [-0.05, 0) is 25.0 Å². The number of nitrogens with one attached hydrogen (secondary N) is 1. The van der Waals surface area contributed by atoms with Crippen LogP contribution in [0.3, 0.4) is 0 Å². The molecule has 1 N–H and O–H groups in total. The molecule has 1 aliphatic rings. The summed E-state index contributed by atoms with van der Waals surface area (Å²) in [6.07, 6.45) is 3.24. The summed E-state index contributed by atoms with van der Waals surface area (Å²) in [5, 5.41) is 4.12. The molecule has 2 rings (SSSR count). The molecule has 18 heavy (non-hydrogen) atoms. The summed E-state index contributed by atoms with van der Waals surface area (Å²) in [4.78, 5) is 11.4. The summed E-state index contributed by atoms with van der Waals surface area (Å²) in [7, 11) is 0. The molecular weight excluding hydrogens is 244 g/mol. The normalized spacial score (nSPS) is 18.1. The average Bonchev–Trinajstić information content (AvgIpc) is 2.70. The summed E-state index contributed by atoms with van der Waals surface area (Å²) in [6.45, 7) is 9.76. The van der Waals surface area contributed by atoms with E-state index in [-0.39, 0.29) is 0 Å². The Morgan fingerprint density at radius 1 is 1.44 bits per heavy atom. The molecular formula is C13H22N4S. The predicted molar refractivity (Wildman–Crippen MR) is 78.6 cm³/mol. The van der Waals surface area contributed by atoms with E-state index in [0.717, 1.165) is 36.4 Å². The van der Waals surface area contributed by atoms with Gasteiger partial charge in [0.05, 0.1) is 0 Å². The first-order chi connectivity index (χ1) is 8.54. The smallest absolute Gasteiger partial charge is 0.191 e. The summed E-state index contributed by atoms with van der Waals surface area (Å²) in [5.74, 6) is 1.98. The molecule has 0 amide bonds. The van der Waals surface area contributed by atoms with Crippen LogP contribution in [0.5, 0.6) is 0 Å². The molecule has 0 aromatic carbocycles. The fraction of sp³-hybridized carbons (Fsp3) is 0.692. The monoisotopic (exact) mass is 266 g/mol. The van der Waals surface area contributed by atoms with Crippen molar-refractivity contribution < 1.29 is 0 Å². The summed E-state index contributed by atoms with van der Waals surface area (Å²) < 4.78 is 0. The van der Waals surface area contributed by atoms with Crippen molar-refractivity contribution >= 4 is 23.4 Å². The number of hydrogen-bond acceptors (Lipinski definition) is 5. The standard InChI is InChI=1S/C13H22N4S/c1-5-14-10-8-11(16-12(15-10)18-4)17-7-6-13(2,3)9-17/h8H,5-7,9H2,1-4H3,(H,14,15,16). The molecule has 100 valence electrons. The van der Waals surface area contributed by atoms with Crippen molar-refractivity contribution in [3.63, 3.8) is 0 Å². The van der Waals surface area contributed by atoms with Crippen molar-refractivity contribution in [1.29, 1.82) is 0 Å². The van der Waals surface area contributed by atoms with Gasteiger partial charge in [0.15, 0.2) is 5.16 Å². The number of anilines is 2. The Hall–Kier alpha value is -0.970. The van der Waals surface area contributed by atoms with Crippen LogP contribution in [0.25, 0.3) is 0 Å². The molecule has 0 atom stereocenters. The van der Waals surface area contributed by atoms with Crippen LogP contribution in [-0.4, -0.2) is 35.9 Å². The van der Waals surface area contributed by atoms with Crippen molar-refractivity contribution in [2.24, 2.45) is 5.41 Å². The van der Waals surface area contributed by atoms with E-state index >= 15 is 0 Å². The summed E-state index contributed by atoms with van der Waals surface area (Å²) in [6, 6.07) is 2.06. The van der Waals surface area contributed by atoms with Crippen LogP contribution in [0.2, 0.25) is 0 Å². The van der Waals surface area contributed by atoms with Crippen LogP contribution in [-0.2, 0) is 0 Å². The first kappa shape index (κ1) is 13.5. The lowest BCUT2D eigenvalue weighted by molar-refractivity contribution is 0.418. The highest BCUT2D eigenvalue weighted by Crippen LogP contribution is 2.32. The number of rotatable bonds is 4. The zero-order valence-electron chi connectivity index (χ0n) is 11.7. The molecule has 2 heterocycles. The van der Waals surface area contributed by atoms with E-state index < -0.39 is 0 Å². The summed E-state index contributed by atoms with van der Waals surface area (Å²) >= 11 is 1.59. The minimum absolute atomic E-state index is 0.392. The molecule has 0 aliphatic carbocycles. The average molecular weight is 266 g/mol. The highest BCUT2D eigenvalue weighted by atomic mass is 32.2. The van der Waals surface area contributed by atoms with Crippen molar-refractivity contribution in [2.75, 3.05) is 36.1 Å². The van der Waals surface area contributed by atoms with Crippen LogP contribution in [0.15, 0.2) is 11.2 Å². The van der Waals surface area contributed by atoms with E-state index in [1.165, 1.54) is 6.42 Å². The zero-order chi connectivity index (χ0) is 13.2. The molecule has 5 heteroatoms. The Balaban J connectivity index is 2.24. The molecule has 1 aromatic heterocycles. The minimum Gasteiger partial charge on any atom is -0.370 e. The van der Waals surface area contributed by atoms with E-state index in [1.54, 1.807) is 11.8 Å². The Bertz CT molecular complexity index is 419. The fourth-order valence-electron chi connectivity index (χ4n) is 2.25. The van der Waals surface area contributed by atoms with Crippen molar-refractivity contribution in [1.82, 2.24) is 9.97 Å². The van der Waals surface area contributed by atoms with Gasteiger partial charge in [-0.3, -0.25) is 0 Å². The molecule has 0 unspecified atom stereocenters. The predicted octanol–water partition coefficient (Wildman–Crippen LogP) is 2.87. The van der Waals surface area contributed by atoms with Crippen LogP contribution in [0.4, 0.5) is 11.6 Å². The lowest BCUT2D eigenvalue weighted by Crippen LogP contribution is -2.24. The van der Waals surface area contributed by atoms with Gasteiger partial charge in [-0.1, -0.05) is 25.6 Å². The van der Waals surface area contributed by atoms with Gasteiger partial charge in [0.1, 0.15) is 11.6 Å². The first-order valence-corrected chi connectivity index (χ1v) is 7.68. The molecule has 1 saturated heterocycles. The van der Waals surface area contributed by atoms with Crippen molar-refractivity contribution in [3.8, 4) is 0 Å². The molecule has 0 spiro atoms. The van der Waals surface area contributed by atoms with Gasteiger partial charge in [-0.2, -0.15) is 0 Å². The minimum atomic E-state index is 0.392. The number of aromatic nitrogens is 2. The lowest BCUT2D eigenvalue weighted by Gasteiger charge is -2.21.